The van der Waals surface area contributed by atoms with Crippen LogP contribution in [0.15, 0.2) is 6.07 Å². The first-order valence-electron chi connectivity index (χ1n) is 4.44. The van der Waals surface area contributed by atoms with Crippen molar-refractivity contribution in [3.05, 3.63) is 23.5 Å². The van der Waals surface area contributed by atoms with Crippen molar-refractivity contribution in [2.45, 2.75) is 0 Å². The maximum atomic E-state index is 13.4. The summed E-state index contributed by atoms with van der Waals surface area (Å²) in [5, 5.41) is 9.28. The molecule has 0 bridgehead atoms. The number of carbonyl (C=O) groups excluding carboxylic acids is 1. The number of hydrogen-bond acceptors (Lipinski definition) is 4. The van der Waals surface area contributed by atoms with E-state index in [0.717, 1.165) is 0 Å². The molecule has 1 heterocycles. The van der Waals surface area contributed by atoms with Crippen LogP contribution in [-0.2, 0) is 15.0 Å². The van der Waals surface area contributed by atoms with Gasteiger partial charge in [-0.25, -0.2) is 22.2 Å². The summed E-state index contributed by atoms with van der Waals surface area (Å²) in [7, 11) is -4.42. The number of anilines is 1. The van der Waals surface area contributed by atoms with Gasteiger partial charge in [0.2, 0.25) is 0 Å². The van der Waals surface area contributed by atoms with Crippen molar-refractivity contribution in [3.63, 3.8) is 0 Å². The van der Waals surface area contributed by atoms with Gasteiger partial charge in [-0.05, 0) is 0 Å². The molecule has 0 saturated carbocycles. The second kappa shape index (κ2) is 3.77. The predicted molar refractivity (Wildman–Crippen MR) is 52.4 cm³/mol. The summed E-state index contributed by atoms with van der Waals surface area (Å²) in [5.41, 5.74) is -1.12. The molecule has 0 radical (unpaired) electrons. The molecule has 10 heteroatoms. The van der Waals surface area contributed by atoms with E-state index >= 15 is 0 Å². The molecule has 1 amide bonds. The van der Waals surface area contributed by atoms with E-state index in [2.05, 4.69) is 0 Å². The van der Waals surface area contributed by atoms with Gasteiger partial charge in [0, 0.05) is 6.07 Å². The molecule has 18 heavy (non-hydrogen) atoms. The molecule has 98 valence electrons. The molecule has 6 nitrogen and oxygen atoms in total. The summed E-state index contributed by atoms with van der Waals surface area (Å²) in [4.78, 5) is 10.9. The van der Waals surface area contributed by atoms with Gasteiger partial charge in [0.1, 0.15) is 18.0 Å². The van der Waals surface area contributed by atoms with E-state index in [0.29, 0.717) is 0 Å². The van der Waals surface area contributed by atoms with E-state index in [1.165, 1.54) is 4.72 Å². The maximum absolute atomic E-state index is 13.4. The first kappa shape index (κ1) is 12.5. The second-order valence-electron chi connectivity index (χ2n) is 3.39. The summed E-state index contributed by atoms with van der Waals surface area (Å²) >= 11 is 0. The van der Waals surface area contributed by atoms with Gasteiger partial charge < -0.3 is 5.11 Å². The molecular formula is C8H5F3N2O4S. The fourth-order valence-electron chi connectivity index (χ4n) is 1.46. The number of rotatable bonds is 1. The van der Waals surface area contributed by atoms with E-state index < -0.39 is 51.5 Å². The lowest BCUT2D eigenvalue weighted by Crippen LogP contribution is -2.30. The van der Waals surface area contributed by atoms with Crippen molar-refractivity contribution in [2.24, 2.45) is 0 Å². The largest absolute Gasteiger partial charge is 0.506 e. The van der Waals surface area contributed by atoms with Gasteiger partial charge in [0.05, 0.1) is 0 Å². The van der Waals surface area contributed by atoms with Gasteiger partial charge in [-0.1, -0.05) is 0 Å². The van der Waals surface area contributed by atoms with Crippen LogP contribution >= 0.6 is 0 Å². The van der Waals surface area contributed by atoms with Crippen molar-refractivity contribution in [1.29, 1.82) is 0 Å². The topological polar surface area (TPSA) is 86.7 Å². The van der Waals surface area contributed by atoms with E-state index in [-0.39, 0.29) is 10.4 Å². The minimum atomic E-state index is -4.42. The molecule has 1 fully saturated rings. The molecule has 0 atom stereocenters. The minimum Gasteiger partial charge on any atom is -0.506 e. The first-order chi connectivity index (χ1) is 8.24. The lowest BCUT2D eigenvalue weighted by atomic mass is 10.2. The third kappa shape index (κ3) is 1.74. The Balaban J connectivity index is 2.66. The number of phenolic OH excluding ortho intramolecular Hbond substituents is 1. The molecule has 0 aromatic heterocycles. The molecule has 2 N–H and O–H groups in total. The van der Waals surface area contributed by atoms with Crippen LogP contribution in [-0.4, -0.2) is 26.0 Å². The quantitative estimate of drug-likeness (QED) is 0.709. The molecule has 2 rings (SSSR count). The van der Waals surface area contributed by atoms with Gasteiger partial charge in [0.15, 0.2) is 17.5 Å². The van der Waals surface area contributed by atoms with E-state index in [1.807, 2.05) is 0 Å². The van der Waals surface area contributed by atoms with Crippen LogP contribution in [0.5, 0.6) is 5.75 Å². The summed E-state index contributed by atoms with van der Waals surface area (Å²) in [6.45, 7) is -0.835. The zero-order chi connectivity index (χ0) is 13.7. The minimum absolute atomic E-state index is 0.114. The number of nitrogens with zero attached hydrogens (tertiary/aromatic N) is 1. The van der Waals surface area contributed by atoms with Gasteiger partial charge in [-0.3, -0.25) is 4.79 Å². The normalized spacial score (nSPS) is 17.9. The fraction of sp³-hybridized carbons (Fsp3) is 0.125. The maximum Gasteiger partial charge on any atom is 0.326 e. The SMILES string of the molecule is O=C1CN(c2c(O)cc(F)c(F)c2F)S(=O)(=O)N1. The zero-order valence-electron chi connectivity index (χ0n) is 8.45. The summed E-state index contributed by atoms with van der Waals surface area (Å²) in [5.74, 6) is -7.64. The Morgan fingerprint density at radius 1 is 1.28 bits per heavy atom. The van der Waals surface area contributed by atoms with Crippen molar-refractivity contribution in [3.8, 4) is 5.75 Å². The van der Waals surface area contributed by atoms with Gasteiger partial charge in [-0.2, -0.15) is 8.42 Å². The van der Waals surface area contributed by atoms with Crippen LogP contribution < -0.4 is 9.03 Å². The Kier molecular flexibility index (Phi) is 2.61. The van der Waals surface area contributed by atoms with Crippen LogP contribution in [0, 0.1) is 17.5 Å². The number of nitrogens with one attached hydrogen (secondary N) is 1. The molecule has 1 aromatic carbocycles. The van der Waals surface area contributed by atoms with E-state index in [1.54, 1.807) is 0 Å². The van der Waals surface area contributed by atoms with Gasteiger partial charge >= 0.3 is 10.2 Å². The fourth-order valence-corrected chi connectivity index (χ4v) is 2.62. The highest BCUT2D eigenvalue weighted by Crippen LogP contribution is 2.35. The lowest BCUT2D eigenvalue weighted by molar-refractivity contribution is -0.117. The Hall–Kier alpha value is -1.97. The van der Waals surface area contributed by atoms with Crippen LogP contribution in [0.3, 0.4) is 0 Å². The number of carbonyl (C=O) groups is 1. The number of hydrogen-bond donors (Lipinski definition) is 2. The van der Waals surface area contributed by atoms with E-state index in [9.17, 15) is 31.5 Å². The van der Waals surface area contributed by atoms with Crippen molar-refractivity contribution in [1.82, 2.24) is 4.72 Å². The first-order valence-corrected chi connectivity index (χ1v) is 5.88. The molecule has 1 aromatic rings. The Morgan fingerprint density at radius 3 is 2.39 bits per heavy atom. The number of amides is 1. The molecule has 0 spiro atoms. The average Bonchev–Trinajstić information content (AvgIpc) is 2.49. The summed E-state index contributed by atoms with van der Waals surface area (Å²) in [6, 6.07) is 0.214. The van der Waals surface area contributed by atoms with Crippen LogP contribution in [0.25, 0.3) is 0 Å². The third-order valence-corrected chi connectivity index (χ3v) is 3.56. The molecule has 1 aliphatic rings. The highest BCUT2D eigenvalue weighted by atomic mass is 32.2. The molecular weight excluding hydrogens is 277 g/mol. The lowest BCUT2D eigenvalue weighted by Gasteiger charge is -2.17. The number of benzene rings is 1. The summed E-state index contributed by atoms with van der Waals surface area (Å²) < 4.78 is 63.5. The van der Waals surface area contributed by atoms with Gasteiger partial charge in [0.25, 0.3) is 5.91 Å². The highest BCUT2D eigenvalue weighted by Gasteiger charge is 2.38. The zero-order valence-corrected chi connectivity index (χ0v) is 9.26. The molecule has 0 aliphatic carbocycles. The molecule has 1 saturated heterocycles. The molecule has 0 unspecified atom stereocenters. The average molecular weight is 282 g/mol. The van der Waals surface area contributed by atoms with Crippen LogP contribution in [0.1, 0.15) is 0 Å². The standard InChI is InChI=1S/C8H5F3N2O4S/c9-3-1-4(14)8(7(11)6(3)10)13-2-5(15)12-18(13,16)17/h1,14H,2H2,(H,12,15). The van der Waals surface area contributed by atoms with Crippen molar-refractivity contribution in [2.75, 3.05) is 10.8 Å². The third-order valence-electron chi connectivity index (χ3n) is 2.19. The van der Waals surface area contributed by atoms with Crippen molar-refractivity contribution < 1.29 is 31.5 Å². The number of phenols is 1. The Morgan fingerprint density at radius 2 is 1.89 bits per heavy atom. The van der Waals surface area contributed by atoms with Crippen molar-refractivity contribution >= 4 is 21.8 Å². The smallest absolute Gasteiger partial charge is 0.326 e. The highest BCUT2D eigenvalue weighted by molar-refractivity contribution is 7.92. The predicted octanol–water partition coefficient (Wildman–Crippen LogP) is -0.00950. The number of halogens is 3. The second-order valence-corrected chi connectivity index (χ2v) is 4.99. The Bertz CT molecular complexity index is 646. The molecule has 1 aliphatic heterocycles. The van der Waals surface area contributed by atoms with Crippen LogP contribution in [0.4, 0.5) is 18.9 Å². The summed E-state index contributed by atoms with van der Waals surface area (Å²) in [6.07, 6.45) is 0. The van der Waals surface area contributed by atoms with E-state index in [4.69, 9.17) is 0 Å². The number of aromatic hydroxyl groups is 1. The van der Waals surface area contributed by atoms with Gasteiger partial charge in [-0.15, -0.1) is 0 Å². The van der Waals surface area contributed by atoms with Crippen LogP contribution in [0.2, 0.25) is 0 Å². The Labute approximate surface area is 98.8 Å². The monoisotopic (exact) mass is 282 g/mol.